The normalized spacial score (nSPS) is 28.9. The Balaban J connectivity index is 1.92. The van der Waals surface area contributed by atoms with E-state index in [0.29, 0.717) is 12.1 Å². The SMILES string of the molecule is COc1ccccc1C1CN(C)CC2CNCCN21. The van der Waals surface area contributed by atoms with Gasteiger partial charge in [0, 0.05) is 44.3 Å². The molecule has 104 valence electrons. The molecule has 0 aliphatic carbocycles. The second kappa shape index (κ2) is 5.49. The molecule has 1 aromatic carbocycles. The second-order valence-corrected chi connectivity index (χ2v) is 5.57. The number of methoxy groups -OCH3 is 1. The molecule has 2 aliphatic rings. The predicted molar refractivity (Wildman–Crippen MR) is 76.6 cm³/mol. The Labute approximate surface area is 115 Å². The molecule has 2 aliphatic heterocycles. The first-order valence-corrected chi connectivity index (χ1v) is 7.07. The fourth-order valence-electron chi connectivity index (χ4n) is 3.41. The Morgan fingerprint density at radius 3 is 2.95 bits per heavy atom. The van der Waals surface area contributed by atoms with Crippen molar-refractivity contribution in [2.75, 3.05) is 46.9 Å². The van der Waals surface area contributed by atoms with Crippen molar-refractivity contribution in [3.8, 4) is 5.75 Å². The zero-order chi connectivity index (χ0) is 13.2. The fraction of sp³-hybridized carbons (Fsp3) is 0.600. The van der Waals surface area contributed by atoms with Crippen LogP contribution in [0.15, 0.2) is 24.3 Å². The van der Waals surface area contributed by atoms with E-state index >= 15 is 0 Å². The molecule has 2 saturated heterocycles. The molecule has 1 N–H and O–H groups in total. The molecule has 0 radical (unpaired) electrons. The number of likely N-dealkylation sites (N-methyl/N-ethyl adjacent to an activating group) is 1. The Kier molecular flexibility index (Phi) is 3.73. The lowest BCUT2D eigenvalue weighted by molar-refractivity contribution is 0.0185. The lowest BCUT2D eigenvalue weighted by atomic mass is 9.97. The third-order valence-electron chi connectivity index (χ3n) is 4.30. The molecule has 4 nitrogen and oxygen atoms in total. The van der Waals surface area contributed by atoms with E-state index in [9.17, 15) is 0 Å². The highest BCUT2D eigenvalue weighted by Crippen LogP contribution is 2.34. The number of piperazine rings is 2. The number of hydrogen-bond acceptors (Lipinski definition) is 4. The van der Waals surface area contributed by atoms with Crippen LogP contribution in [-0.4, -0.2) is 62.7 Å². The van der Waals surface area contributed by atoms with Crippen molar-refractivity contribution in [3.63, 3.8) is 0 Å². The van der Waals surface area contributed by atoms with Gasteiger partial charge in [-0.3, -0.25) is 4.90 Å². The summed E-state index contributed by atoms with van der Waals surface area (Å²) in [4.78, 5) is 5.08. The summed E-state index contributed by atoms with van der Waals surface area (Å²) in [5.74, 6) is 1.01. The largest absolute Gasteiger partial charge is 0.496 e. The molecule has 0 aromatic heterocycles. The first kappa shape index (κ1) is 12.9. The third kappa shape index (κ3) is 2.48. The Morgan fingerprint density at radius 2 is 2.11 bits per heavy atom. The number of para-hydroxylation sites is 1. The van der Waals surface area contributed by atoms with Crippen molar-refractivity contribution >= 4 is 0 Å². The van der Waals surface area contributed by atoms with Gasteiger partial charge < -0.3 is 15.0 Å². The minimum absolute atomic E-state index is 0.446. The highest BCUT2D eigenvalue weighted by Gasteiger charge is 2.36. The summed E-state index contributed by atoms with van der Waals surface area (Å²) in [6, 6.07) is 9.50. The van der Waals surface area contributed by atoms with Crippen molar-refractivity contribution in [2.45, 2.75) is 12.1 Å². The fourth-order valence-corrected chi connectivity index (χ4v) is 3.41. The average Bonchev–Trinajstić information content (AvgIpc) is 2.46. The lowest BCUT2D eigenvalue weighted by Crippen LogP contribution is -2.61. The van der Waals surface area contributed by atoms with E-state index in [2.05, 4.69) is 40.4 Å². The summed E-state index contributed by atoms with van der Waals surface area (Å²) < 4.78 is 5.55. The van der Waals surface area contributed by atoms with Gasteiger partial charge in [-0.1, -0.05) is 18.2 Å². The standard InChI is InChI=1S/C15H23N3O/c1-17-10-12-9-16-7-8-18(12)14(11-17)13-5-3-4-6-15(13)19-2/h3-6,12,14,16H,7-11H2,1-2H3. The van der Waals surface area contributed by atoms with Crippen LogP contribution in [0.5, 0.6) is 5.75 Å². The molecule has 2 fully saturated rings. The number of nitrogens with one attached hydrogen (secondary N) is 1. The molecule has 0 amide bonds. The van der Waals surface area contributed by atoms with Gasteiger partial charge in [-0.05, 0) is 13.1 Å². The first-order valence-electron chi connectivity index (χ1n) is 7.07. The van der Waals surface area contributed by atoms with E-state index in [0.717, 1.165) is 38.5 Å². The number of benzene rings is 1. The van der Waals surface area contributed by atoms with E-state index in [4.69, 9.17) is 4.74 Å². The van der Waals surface area contributed by atoms with Gasteiger partial charge in [0.25, 0.3) is 0 Å². The van der Waals surface area contributed by atoms with Gasteiger partial charge in [-0.15, -0.1) is 0 Å². The minimum Gasteiger partial charge on any atom is -0.496 e. The van der Waals surface area contributed by atoms with Crippen molar-refractivity contribution in [1.29, 1.82) is 0 Å². The van der Waals surface area contributed by atoms with Gasteiger partial charge in [-0.25, -0.2) is 0 Å². The van der Waals surface area contributed by atoms with Crippen molar-refractivity contribution in [2.24, 2.45) is 0 Å². The van der Waals surface area contributed by atoms with E-state index in [1.165, 1.54) is 5.56 Å². The highest BCUT2D eigenvalue weighted by molar-refractivity contribution is 5.36. The summed E-state index contributed by atoms with van der Waals surface area (Å²) in [7, 11) is 3.98. The van der Waals surface area contributed by atoms with E-state index in [1.807, 2.05) is 6.07 Å². The van der Waals surface area contributed by atoms with Gasteiger partial charge in [0.05, 0.1) is 13.2 Å². The van der Waals surface area contributed by atoms with Crippen LogP contribution in [-0.2, 0) is 0 Å². The molecule has 3 rings (SSSR count). The monoisotopic (exact) mass is 261 g/mol. The number of nitrogens with zero attached hydrogens (tertiary/aromatic N) is 2. The maximum absolute atomic E-state index is 5.55. The van der Waals surface area contributed by atoms with Gasteiger partial charge >= 0.3 is 0 Å². The molecule has 4 heteroatoms. The van der Waals surface area contributed by atoms with Crippen molar-refractivity contribution < 1.29 is 4.74 Å². The van der Waals surface area contributed by atoms with Crippen LogP contribution in [0, 0.1) is 0 Å². The van der Waals surface area contributed by atoms with E-state index < -0.39 is 0 Å². The van der Waals surface area contributed by atoms with Gasteiger partial charge in [0.2, 0.25) is 0 Å². The van der Waals surface area contributed by atoms with Gasteiger partial charge in [0.15, 0.2) is 0 Å². The van der Waals surface area contributed by atoms with Crippen molar-refractivity contribution in [1.82, 2.24) is 15.1 Å². The summed E-state index contributed by atoms with van der Waals surface area (Å²) in [6.07, 6.45) is 0. The van der Waals surface area contributed by atoms with Crippen LogP contribution in [0.4, 0.5) is 0 Å². The summed E-state index contributed by atoms with van der Waals surface area (Å²) in [6.45, 7) is 5.54. The number of ether oxygens (including phenoxy) is 1. The summed E-state index contributed by atoms with van der Waals surface area (Å²) in [5.41, 5.74) is 1.32. The van der Waals surface area contributed by atoms with E-state index in [1.54, 1.807) is 7.11 Å². The maximum Gasteiger partial charge on any atom is 0.123 e. The molecule has 1 aromatic rings. The van der Waals surface area contributed by atoms with Crippen molar-refractivity contribution in [3.05, 3.63) is 29.8 Å². The molecule has 0 spiro atoms. The topological polar surface area (TPSA) is 27.7 Å². The molecular formula is C15H23N3O. The number of hydrogen-bond donors (Lipinski definition) is 1. The molecular weight excluding hydrogens is 238 g/mol. The van der Waals surface area contributed by atoms with Crippen LogP contribution in [0.3, 0.4) is 0 Å². The second-order valence-electron chi connectivity index (χ2n) is 5.57. The zero-order valence-corrected chi connectivity index (χ0v) is 11.8. The number of rotatable bonds is 2. The summed E-state index contributed by atoms with van der Waals surface area (Å²) in [5, 5.41) is 3.51. The molecule has 19 heavy (non-hydrogen) atoms. The van der Waals surface area contributed by atoms with Crippen LogP contribution in [0.25, 0.3) is 0 Å². The molecule has 2 heterocycles. The number of fused-ring (bicyclic) bond motifs is 1. The lowest BCUT2D eigenvalue weighted by Gasteiger charge is -2.48. The zero-order valence-electron chi connectivity index (χ0n) is 11.8. The molecule has 0 saturated carbocycles. The van der Waals surface area contributed by atoms with Crippen LogP contribution in [0.1, 0.15) is 11.6 Å². The smallest absolute Gasteiger partial charge is 0.123 e. The molecule has 2 atom stereocenters. The van der Waals surface area contributed by atoms with Gasteiger partial charge in [0.1, 0.15) is 5.75 Å². The molecule has 0 bridgehead atoms. The summed E-state index contributed by atoms with van der Waals surface area (Å²) >= 11 is 0. The Bertz CT molecular complexity index is 437. The van der Waals surface area contributed by atoms with Crippen LogP contribution >= 0.6 is 0 Å². The van der Waals surface area contributed by atoms with Crippen LogP contribution in [0.2, 0.25) is 0 Å². The van der Waals surface area contributed by atoms with Gasteiger partial charge in [-0.2, -0.15) is 0 Å². The predicted octanol–water partition coefficient (Wildman–Crippen LogP) is 0.955. The van der Waals surface area contributed by atoms with E-state index in [-0.39, 0.29) is 0 Å². The average molecular weight is 261 g/mol. The maximum atomic E-state index is 5.55. The minimum atomic E-state index is 0.446. The van der Waals surface area contributed by atoms with Crippen LogP contribution < -0.4 is 10.1 Å². The quantitative estimate of drug-likeness (QED) is 0.858. The third-order valence-corrected chi connectivity index (χ3v) is 4.30. The first-order chi connectivity index (χ1) is 9.29. The Morgan fingerprint density at radius 1 is 1.26 bits per heavy atom. The highest BCUT2D eigenvalue weighted by atomic mass is 16.5. The molecule has 2 unspecified atom stereocenters. The Hall–Kier alpha value is -1.10.